The quantitative estimate of drug-likeness (QED) is 0.884. The van der Waals surface area contributed by atoms with Crippen LogP contribution in [0, 0.1) is 0 Å². The smallest absolute Gasteiger partial charge is 0.140 e. The van der Waals surface area contributed by atoms with Gasteiger partial charge < -0.3 is 19.1 Å². The molecule has 1 aliphatic heterocycles. The van der Waals surface area contributed by atoms with Crippen molar-refractivity contribution in [3.8, 4) is 5.75 Å². The molecule has 1 N–H and O–H groups in total. The highest BCUT2D eigenvalue weighted by Crippen LogP contribution is 2.38. The van der Waals surface area contributed by atoms with E-state index in [1.165, 1.54) is 0 Å². The lowest BCUT2D eigenvalue weighted by atomic mass is 9.85. The number of ether oxygens (including phenoxy) is 1. The first-order valence-corrected chi connectivity index (χ1v) is 6.54. The molecule has 102 valence electrons. The Morgan fingerprint density at radius 3 is 2.79 bits per heavy atom. The van der Waals surface area contributed by atoms with Gasteiger partial charge in [0.1, 0.15) is 11.4 Å². The van der Waals surface area contributed by atoms with Crippen LogP contribution in [0.3, 0.4) is 0 Å². The molecule has 0 saturated carbocycles. The lowest BCUT2D eigenvalue weighted by Crippen LogP contribution is -2.41. The van der Waals surface area contributed by atoms with E-state index in [-0.39, 0.29) is 0 Å². The van der Waals surface area contributed by atoms with Crippen molar-refractivity contribution in [1.29, 1.82) is 0 Å². The van der Waals surface area contributed by atoms with Crippen LogP contribution in [0.2, 0.25) is 0 Å². The maximum absolute atomic E-state index is 10.9. The molecule has 0 aliphatic carbocycles. The van der Waals surface area contributed by atoms with Crippen molar-refractivity contribution < 1.29 is 9.84 Å². The Kier molecular flexibility index (Phi) is 2.95. The molecule has 2 aromatic heterocycles. The molecule has 1 saturated heterocycles. The molecular formula is C14H19N3O2. The van der Waals surface area contributed by atoms with E-state index < -0.39 is 5.60 Å². The molecule has 3 heterocycles. The fraction of sp³-hybridized carbons (Fsp3) is 0.500. The Hall–Kier alpha value is -1.59. The molecule has 5 nitrogen and oxygen atoms in total. The van der Waals surface area contributed by atoms with Crippen LogP contribution in [0.15, 0.2) is 24.7 Å². The molecule has 0 amide bonds. The second-order valence-electron chi connectivity index (χ2n) is 5.28. The second kappa shape index (κ2) is 4.51. The summed E-state index contributed by atoms with van der Waals surface area (Å²) in [6.45, 7) is 1.78. The summed E-state index contributed by atoms with van der Waals surface area (Å²) in [6.07, 6.45) is 7.01. The van der Waals surface area contributed by atoms with Crippen LogP contribution in [0.25, 0.3) is 5.65 Å². The molecule has 19 heavy (non-hydrogen) atoms. The van der Waals surface area contributed by atoms with Crippen LogP contribution in [-0.4, -0.2) is 46.6 Å². The minimum Gasteiger partial charge on any atom is -0.496 e. The summed E-state index contributed by atoms with van der Waals surface area (Å²) < 4.78 is 7.37. The van der Waals surface area contributed by atoms with Gasteiger partial charge in [-0.2, -0.15) is 0 Å². The summed E-state index contributed by atoms with van der Waals surface area (Å²) in [6, 6.07) is 1.88. The molecule has 0 atom stereocenters. The zero-order valence-electron chi connectivity index (χ0n) is 11.3. The highest BCUT2D eigenvalue weighted by atomic mass is 16.5. The fourth-order valence-corrected chi connectivity index (χ4v) is 2.72. The van der Waals surface area contributed by atoms with E-state index in [1.807, 2.05) is 22.9 Å². The average Bonchev–Trinajstić information content (AvgIpc) is 2.88. The topological polar surface area (TPSA) is 50.0 Å². The predicted octanol–water partition coefficient (Wildman–Crippen LogP) is 1.26. The lowest BCUT2D eigenvalue weighted by molar-refractivity contribution is -0.0222. The number of likely N-dealkylation sites (tertiary alicyclic amines) is 1. The molecule has 0 aromatic carbocycles. The summed E-state index contributed by atoms with van der Waals surface area (Å²) in [4.78, 5) is 6.47. The summed E-state index contributed by atoms with van der Waals surface area (Å²) >= 11 is 0. The first-order valence-electron chi connectivity index (χ1n) is 6.54. The first-order chi connectivity index (χ1) is 9.12. The van der Waals surface area contributed by atoms with Gasteiger partial charge in [-0.15, -0.1) is 0 Å². The van der Waals surface area contributed by atoms with Crippen LogP contribution in [0.4, 0.5) is 0 Å². The molecule has 2 aromatic rings. The van der Waals surface area contributed by atoms with Gasteiger partial charge in [-0.1, -0.05) is 0 Å². The van der Waals surface area contributed by atoms with Crippen molar-refractivity contribution in [1.82, 2.24) is 14.3 Å². The number of nitrogens with zero attached hydrogens (tertiary/aromatic N) is 3. The van der Waals surface area contributed by atoms with Crippen molar-refractivity contribution in [2.24, 2.45) is 0 Å². The Balaban J connectivity index is 2.07. The van der Waals surface area contributed by atoms with Gasteiger partial charge >= 0.3 is 0 Å². The van der Waals surface area contributed by atoms with Crippen molar-refractivity contribution in [3.63, 3.8) is 0 Å². The van der Waals surface area contributed by atoms with Gasteiger partial charge in [-0.05, 0) is 19.9 Å². The van der Waals surface area contributed by atoms with Crippen LogP contribution < -0.4 is 4.74 Å². The minimum absolute atomic E-state index is 0.714. The molecule has 0 radical (unpaired) electrons. The number of pyridine rings is 1. The first kappa shape index (κ1) is 12.4. The van der Waals surface area contributed by atoms with Crippen LogP contribution in [0.5, 0.6) is 5.75 Å². The molecule has 3 rings (SSSR count). The summed E-state index contributed by atoms with van der Waals surface area (Å²) in [5, 5.41) is 10.9. The minimum atomic E-state index is -0.809. The van der Waals surface area contributed by atoms with Gasteiger partial charge in [-0.3, -0.25) is 0 Å². The second-order valence-corrected chi connectivity index (χ2v) is 5.28. The fourth-order valence-electron chi connectivity index (χ4n) is 2.72. The van der Waals surface area contributed by atoms with E-state index >= 15 is 0 Å². The number of fused-ring (bicyclic) bond motifs is 1. The van der Waals surface area contributed by atoms with Gasteiger partial charge in [-0.25, -0.2) is 4.98 Å². The highest BCUT2D eigenvalue weighted by Gasteiger charge is 2.35. The van der Waals surface area contributed by atoms with E-state index in [0.717, 1.165) is 37.1 Å². The molecular weight excluding hydrogens is 242 g/mol. The molecule has 0 unspecified atom stereocenters. The number of aliphatic hydroxyl groups is 1. The SMILES string of the molecule is COc1cc2nccn2cc1C1(O)CCN(C)CC1. The van der Waals surface area contributed by atoms with Crippen molar-refractivity contribution in [2.45, 2.75) is 18.4 Å². The van der Waals surface area contributed by atoms with Gasteiger partial charge in [0, 0.05) is 43.3 Å². The van der Waals surface area contributed by atoms with E-state index in [2.05, 4.69) is 16.9 Å². The maximum atomic E-state index is 10.9. The summed E-state index contributed by atoms with van der Waals surface area (Å²) in [5.74, 6) is 0.714. The number of rotatable bonds is 2. The summed E-state index contributed by atoms with van der Waals surface area (Å²) in [5.41, 5.74) is 0.877. The number of aromatic nitrogens is 2. The van der Waals surface area contributed by atoms with Crippen molar-refractivity contribution >= 4 is 5.65 Å². The number of piperidine rings is 1. The average molecular weight is 261 g/mol. The zero-order valence-corrected chi connectivity index (χ0v) is 11.3. The third kappa shape index (κ3) is 2.09. The number of hydrogen-bond acceptors (Lipinski definition) is 4. The van der Waals surface area contributed by atoms with E-state index in [4.69, 9.17) is 4.74 Å². The van der Waals surface area contributed by atoms with Gasteiger partial charge in [0.05, 0.1) is 12.7 Å². The van der Waals surface area contributed by atoms with Gasteiger partial charge in [0.25, 0.3) is 0 Å². The standard InChI is InChI=1S/C14H19N3O2/c1-16-6-3-14(18,4-7-16)11-10-17-8-5-15-13(17)9-12(11)19-2/h5,8-10,18H,3-4,6-7H2,1-2H3. The van der Waals surface area contributed by atoms with Crippen LogP contribution >= 0.6 is 0 Å². The number of methoxy groups -OCH3 is 1. The van der Waals surface area contributed by atoms with Crippen LogP contribution in [0.1, 0.15) is 18.4 Å². The highest BCUT2D eigenvalue weighted by molar-refractivity contribution is 5.50. The van der Waals surface area contributed by atoms with E-state index in [1.54, 1.807) is 13.3 Å². The Labute approximate surface area is 112 Å². The molecule has 0 bridgehead atoms. The van der Waals surface area contributed by atoms with E-state index in [0.29, 0.717) is 5.75 Å². The van der Waals surface area contributed by atoms with Gasteiger partial charge in [0.15, 0.2) is 0 Å². The zero-order chi connectivity index (χ0) is 13.5. The Morgan fingerprint density at radius 2 is 2.11 bits per heavy atom. The van der Waals surface area contributed by atoms with E-state index in [9.17, 15) is 5.11 Å². The number of hydrogen-bond donors (Lipinski definition) is 1. The van der Waals surface area contributed by atoms with Crippen molar-refractivity contribution in [2.75, 3.05) is 27.2 Å². The number of imidazole rings is 1. The monoisotopic (exact) mass is 261 g/mol. The maximum Gasteiger partial charge on any atom is 0.140 e. The Morgan fingerprint density at radius 1 is 1.37 bits per heavy atom. The van der Waals surface area contributed by atoms with Crippen LogP contribution in [-0.2, 0) is 5.60 Å². The molecule has 1 fully saturated rings. The molecule has 5 heteroatoms. The summed E-state index contributed by atoms with van der Waals surface area (Å²) in [7, 11) is 3.71. The Bertz CT molecular complexity index is 585. The largest absolute Gasteiger partial charge is 0.496 e. The molecule has 0 spiro atoms. The third-order valence-electron chi connectivity index (χ3n) is 4.03. The third-order valence-corrected chi connectivity index (χ3v) is 4.03. The van der Waals surface area contributed by atoms with Crippen molar-refractivity contribution in [3.05, 3.63) is 30.2 Å². The predicted molar refractivity (Wildman–Crippen MR) is 72.4 cm³/mol. The normalized spacial score (nSPS) is 19.7. The molecule has 1 aliphatic rings. The van der Waals surface area contributed by atoms with Gasteiger partial charge in [0.2, 0.25) is 0 Å². The lowest BCUT2D eigenvalue weighted by Gasteiger charge is -2.37.